The number of fused-ring (bicyclic) bond motifs is 3. The molecule has 10 nitrogen and oxygen atoms in total. The van der Waals surface area contributed by atoms with Gasteiger partial charge >= 0.3 is 0 Å². The summed E-state index contributed by atoms with van der Waals surface area (Å²) in [4.78, 5) is 39.7. The van der Waals surface area contributed by atoms with E-state index < -0.39 is 20.7 Å². The van der Waals surface area contributed by atoms with Gasteiger partial charge in [-0.25, -0.2) is 18.4 Å². The predicted octanol–water partition coefficient (Wildman–Crippen LogP) is 7.42. The van der Waals surface area contributed by atoms with Crippen molar-refractivity contribution in [1.82, 2.24) is 19.6 Å². The van der Waals surface area contributed by atoms with Crippen molar-refractivity contribution in [3.63, 3.8) is 0 Å². The van der Waals surface area contributed by atoms with Crippen molar-refractivity contribution >= 4 is 44.1 Å². The van der Waals surface area contributed by atoms with Crippen molar-refractivity contribution in [2.24, 2.45) is 23.2 Å². The number of methoxy groups -OCH3 is 1. The van der Waals surface area contributed by atoms with E-state index in [0.717, 1.165) is 64.3 Å². The Hall–Kier alpha value is -3.51. The van der Waals surface area contributed by atoms with Crippen LogP contribution in [0.5, 0.6) is 11.5 Å². The molecule has 1 N–H and O–H groups in total. The summed E-state index contributed by atoms with van der Waals surface area (Å²) in [5.41, 5.74) is 2.83. The number of thiazole rings is 1. The quantitative estimate of drug-likeness (QED) is 0.224. The molecular weight excluding hydrogens is 697 g/mol. The average Bonchev–Trinajstić information content (AvgIpc) is 4.01. The van der Waals surface area contributed by atoms with Crippen LogP contribution in [-0.4, -0.2) is 67.2 Å². The number of ether oxygens (including phenoxy) is 2. The number of carbonyl (C=O) groups is 2. The van der Waals surface area contributed by atoms with Crippen molar-refractivity contribution in [2.45, 2.75) is 109 Å². The number of aryl methyl sites for hydroxylation is 1. The number of benzene rings is 1. The number of hydrogen-bond acceptors (Lipinski definition) is 9. The lowest BCUT2D eigenvalue weighted by molar-refractivity contribution is -0.135. The predicted molar refractivity (Wildman–Crippen MR) is 204 cm³/mol. The molecule has 3 aliphatic carbocycles. The summed E-state index contributed by atoms with van der Waals surface area (Å²) in [7, 11) is -0.0909. The standard InChI is InChI=1S/C40H52N4O6S2/c1-6-29-34(49-5)15-14-30-35(21-32(41-36(29)30)37-42-33(23-51-37)24(2)3)50-27-19-25-16-17-40(39(46)43-52(47,48)28-12-13-28)22-26(40)11-9-7-8-10-18-44(4)38(45)31(25)20-27/h9,11,14-15,21,23-28,31H,6-8,10,12-13,16-20,22H2,1-5H3,(H,43,46)/b11-9-/t25-,26-,27-,31-,40+/m1/s1. The van der Waals surface area contributed by atoms with Crippen LogP contribution in [0.3, 0.4) is 0 Å². The molecule has 3 aromatic rings. The molecule has 2 aromatic heterocycles. The molecule has 280 valence electrons. The fourth-order valence-corrected chi connectivity index (χ4v) is 10.7. The van der Waals surface area contributed by atoms with Crippen LogP contribution in [0.25, 0.3) is 21.6 Å². The molecule has 12 heteroatoms. The lowest BCUT2D eigenvalue weighted by Crippen LogP contribution is -2.40. The van der Waals surface area contributed by atoms with Crippen LogP contribution in [0.4, 0.5) is 0 Å². The van der Waals surface area contributed by atoms with Gasteiger partial charge in [0.1, 0.15) is 22.2 Å². The van der Waals surface area contributed by atoms with Crippen LogP contribution >= 0.6 is 11.3 Å². The molecule has 0 radical (unpaired) electrons. The Labute approximate surface area is 311 Å². The summed E-state index contributed by atoms with van der Waals surface area (Å²) in [6, 6.07) is 5.96. The number of nitrogens with zero attached hydrogens (tertiary/aromatic N) is 3. The second kappa shape index (κ2) is 14.7. The number of pyridine rings is 1. The Morgan fingerprint density at radius 1 is 1.13 bits per heavy atom. The summed E-state index contributed by atoms with van der Waals surface area (Å²) in [6.07, 6.45) is 11.7. The van der Waals surface area contributed by atoms with E-state index in [9.17, 15) is 18.0 Å². The first kappa shape index (κ1) is 36.8. The van der Waals surface area contributed by atoms with E-state index in [1.54, 1.807) is 18.4 Å². The summed E-state index contributed by atoms with van der Waals surface area (Å²) in [5, 5.41) is 3.35. The van der Waals surface area contributed by atoms with E-state index in [0.29, 0.717) is 63.2 Å². The third kappa shape index (κ3) is 7.34. The minimum atomic E-state index is -3.66. The molecule has 0 saturated heterocycles. The number of amides is 2. The summed E-state index contributed by atoms with van der Waals surface area (Å²) < 4.78 is 40.8. The molecule has 3 saturated carbocycles. The normalized spacial score (nSPS) is 27.5. The molecule has 3 fully saturated rings. The zero-order valence-corrected chi connectivity index (χ0v) is 32.7. The highest BCUT2D eigenvalue weighted by atomic mass is 32.2. The van der Waals surface area contributed by atoms with E-state index in [2.05, 4.69) is 43.0 Å². The maximum absolute atomic E-state index is 14.1. The van der Waals surface area contributed by atoms with Gasteiger partial charge in [0.25, 0.3) is 0 Å². The van der Waals surface area contributed by atoms with E-state index in [1.165, 1.54) is 0 Å². The van der Waals surface area contributed by atoms with E-state index in [-0.39, 0.29) is 35.7 Å². The first-order valence-corrected chi connectivity index (χ1v) is 21.5. The topological polar surface area (TPSA) is 128 Å². The van der Waals surface area contributed by atoms with Gasteiger partial charge in [-0.2, -0.15) is 0 Å². The zero-order valence-electron chi connectivity index (χ0n) is 31.0. The van der Waals surface area contributed by atoms with Crippen LogP contribution in [0, 0.1) is 23.2 Å². The fraction of sp³-hybridized carbons (Fsp3) is 0.600. The third-order valence-corrected chi connectivity index (χ3v) is 14.5. The van der Waals surface area contributed by atoms with Crippen molar-refractivity contribution in [3.8, 4) is 22.2 Å². The first-order chi connectivity index (χ1) is 24.9. The number of aromatic nitrogens is 2. The van der Waals surface area contributed by atoms with Crippen LogP contribution in [0.2, 0.25) is 0 Å². The van der Waals surface area contributed by atoms with Gasteiger partial charge in [-0.1, -0.05) is 32.9 Å². The largest absolute Gasteiger partial charge is 0.496 e. The third-order valence-electron chi connectivity index (χ3n) is 11.8. The molecule has 0 bridgehead atoms. The summed E-state index contributed by atoms with van der Waals surface area (Å²) >= 11 is 1.57. The molecule has 2 amide bonds. The monoisotopic (exact) mass is 748 g/mol. The van der Waals surface area contributed by atoms with Crippen LogP contribution < -0.4 is 14.2 Å². The van der Waals surface area contributed by atoms with E-state index in [1.807, 2.05) is 30.1 Å². The van der Waals surface area contributed by atoms with Crippen LogP contribution in [0.1, 0.15) is 102 Å². The lowest BCUT2D eigenvalue weighted by Gasteiger charge is -2.26. The van der Waals surface area contributed by atoms with Gasteiger partial charge in [-0.3, -0.25) is 14.3 Å². The lowest BCUT2D eigenvalue weighted by atomic mass is 9.85. The number of hydrogen-bond donors (Lipinski definition) is 1. The molecule has 5 atom stereocenters. The van der Waals surface area contributed by atoms with Gasteiger partial charge in [0, 0.05) is 41.9 Å². The van der Waals surface area contributed by atoms with Crippen molar-refractivity contribution < 1.29 is 27.5 Å². The van der Waals surface area contributed by atoms with Gasteiger partial charge < -0.3 is 14.4 Å². The van der Waals surface area contributed by atoms with Gasteiger partial charge in [0.15, 0.2) is 0 Å². The highest BCUT2D eigenvalue weighted by molar-refractivity contribution is 7.90. The molecule has 4 aliphatic rings. The van der Waals surface area contributed by atoms with E-state index in [4.69, 9.17) is 19.4 Å². The fourth-order valence-electron chi connectivity index (χ4n) is 8.33. The summed E-state index contributed by atoms with van der Waals surface area (Å²) in [6.45, 7) is 7.05. The molecular formula is C40H52N4O6S2. The molecule has 1 aliphatic heterocycles. The van der Waals surface area contributed by atoms with Gasteiger partial charge in [0.05, 0.1) is 35.1 Å². The highest BCUT2D eigenvalue weighted by Gasteiger charge is 2.59. The first-order valence-electron chi connectivity index (χ1n) is 19.0. The number of carbonyl (C=O) groups excluding carboxylic acids is 2. The zero-order chi connectivity index (χ0) is 36.8. The number of sulfonamides is 1. The Kier molecular flexibility index (Phi) is 10.4. The molecule has 1 aromatic carbocycles. The van der Waals surface area contributed by atoms with Crippen LogP contribution in [-0.2, 0) is 26.0 Å². The second-order valence-corrected chi connectivity index (χ2v) is 18.5. The molecule has 0 spiro atoms. The SMILES string of the molecule is CCc1c(OC)ccc2c(O[C@@H]3C[C@H]4CC[C@]5(C(=O)NS(=O)(=O)C6CC6)C[C@H]5/C=C\CCCCN(C)C(=O)[C@@H]4C3)cc(-c3nc(C(C)C)cs3)nc12. The highest BCUT2D eigenvalue weighted by Crippen LogP contribution is 2.58. The maximum Gasteiger partial charge on any atom is 0.240 e. The van der Waals surface area contributed by atoms with Crippen molar-refractivity contribution in [2.75, 3.05) is 20.7 Å². The minimum absolute atomic E-state index is 0.00329. The Bertz CT molecular complexity index is 1970. The Balaban J connectivity index is 1.19. The molecule has 52 heavy (non-hydrogen) atoms. The summed E-state index contributed by atoms with van der Waals surface area (Å²) in [5.74, 6) is 1.26. The maximum atomic E-state index is 14.1. The Morgan fingerprint density at radius 3 is 2.65 bits per heavy atom. The van der Waals surface area contributed by atoms with E-state index >= 15 is 0 Å². The number of nitrogens with one attached hydrogen (secondary N) is 1. The Morgan fingerprint density at radius 2 is 1.94 bits per heavy atom. The van der Waals surface area contributed by atoms with Crippen molar-refractivity contribution in [3.05, 3.63) is 47.0 Å². The average molecular weight is 749 g/mol. The van der Waals surface area contributed by atoms with Crippen LogP contribution in [0.15, 0.2) is 35.7 Å². The van der Waals surface area contributed by atoms with Gasteiger partial charge in [-0.05, 0) is 101 Å². The van der Waals surface area contributed by atoms with Gasteiger partial charge in [-0.15, -0.1) is 11.3 Å². The minimum Gasteiger partial charge on any atom is -0.496 e. The molecule has 0 unspecified atom stereocenters. The number of allylic oxidation sites excluding steroid dienone is 2. The second-order valence-electron chi connectivity index (χ2n) is 15.7. The molecule has 3 heterocycles. The number of rotatable bonds is 9. The van der Waals surface area contributed by atoms with Gasteiger partial charge in [0.2, 0.25) is 21.8 Å². The smallest absolute Gasteiger partial charge is 0.240 e. The molecule has 7 rings (SSSR count). The van der Waals surface area contributed by atoms with Crippen molar-refractivity contribution in [1.29, 1.82) is 0 Å².